The standard InChI is InChI=1S/C18H21N5O2/c1-13-11-16(14(2)22(13)9-10-25-3)17(24)12-23-20-18(19-21-23)15-7-5-4-6-8-15/h4-8,11H,9-10,12H2,1-3H3. The monoisotopic (exact) mass is 339 g/mol. The number of rotatable bonds is 7. The number of carbonyl (C=O) groups excluding carboxylic acids is 1. The summed E-state index contributed by atoms with van der Waals surface area (Å²) in [5.74, 6) is 0.479. The minimum atomic E-state index is -0.0335. The Bertz CT molecular complexity index is 867. The summed E-state index contributed by atoms with van der Waals surface area (Å²) in [6.07, 6.45) is 0. The Morgan fingerprint density at radius 2 is 1.96 bits per heavy atom. The molecular weight excluding hydrogens is 318 g/mol. The van der Waals surface area contributed by atoms with Crippen LogP contribution in [0.25, 0.3) is 11.4 Å². The van der Waals surface area contributed by atoms with Gasteiger partial charge in [0.1, 0.15) is 6.54 Å². The Kier molecular flexibility index (Phi) is 5.04. The zero-order valence-corrected chi connectivity index (χ0v) is 14.6. The molecule has 0 spiro atoms. The van der Waals surface area contributed by atoms with Gasteiger partial charge in [0.2, 0.25) is 5.82 Å². The van der Waals surface area contributed by atoms with Gasteiger partial charge in [-0.1, -0.05) is 30.3 Å². The Morgan fingerprint density at radius 1 is 1.20 bits per heavy atom. The van der Waals surface area contributed by atoms with Crippen LogP contribution in [-0.2, 0) is 17.8 Å². The first-order chi connectivity index (χ1) is 12.1. The average Bonchev–Trinajstić information content (AvgIpc) is 3.19. The maximum Gasteiger partial charge on any atom is 0.204 e. The minimum absolute atomic E-state index is 0.0335. The number of nitrogens with zero attached hydrogens (tertiary/aromatic N) is 5. The lowest BCUT2D eigenvalue weighted by atomic mass is 10.1. The van der Waals surface area contributed by atoms with Crippen LogP contribution in [0.1, 0.15) is 21.7 Å². The van der Waals surface area contributed by atoms with Crippen molar-refractivity contribution in [3.05, 3.63) is 53.3 Å². The maximum atomic E-state index is 12.6. The smallest absolute Gasteiger partial charge is 0.204 e. The van der Waals surface area contributed by atoms with Crippen molar-refractivity contribution in [2.45, 2.75) is 26.9 Å². The van der Waals surface area contributed by atoms with Crippen molar-refractivity contribution in [3.63, 3.8) is 0 Å². The highest BCUT2D eigenvalue weighted by molar-refractivity contribution is 5.97. The normalized spacial score (nSPS) is 11.0. The van der Waals surface area contributed by atoms with Gasteiger partial charge in [-0.2, -0.15) is 4.80 Å². The molecule has 0 aliphatic heterocycles. The molecule has 2 aromatic heterocycles. The van der Waals surface area contributed by atoms with Crippen LogP contribution in [-0.4, -0.2) is 44.3 Å². The Hall–Kier alpha value is -2.80. The molecule has 3 rings (SSSR count). The first kappa shape index (κ1) is 17.0. The van der Waals surface area contributed by atoms with Gasteiger partial charge in [-0.3, -0.25) is 4.79 Å². The summed E-state index contributed by atoms with van der Waals surface area (Å²) in [7, 11) is 1.67. The molecule has 1 aromatic carbocycles. The predicted octanol–water partition coefficient (Wildman–Crippen LogP) is 2.29. The highest BCUT2D eigenvalue weighted by Gasteiger charge is 2.17. The van der Waals surface area contributed by atoms with E-state index in [-0.39, 0.29) is 12.3 Å². The summed E-state index contributed by atoms with van der Waals surface area (Å²) in [5.41, 5.74) is 3.53. The highest BCUT2D eigenvalue weighted by Crippen LogP contribution is 2.17. The molecule has 0 amide bonds. The van der Waals surface area contributed by atoms with Crippen LogP contribution in [0.4, 0.5) is 0 Å². The molecule has 3 aromatic rings. The third-order valence-electron chi connectivity index (χ3n) is 4.16. The van der Waals surface area contributed by atoms with Crippen molar-refractivity contribution < 1.29 is 9.53 Å². The van der Waals surface area contributed by atoms with Crippen LogP contribution in [0, 0.1) is 13.8 Å². The van der Waals surface area contributed by atoms with E-state index >= 15 is 0 Å². The quantitative estimate of drug-likeness (QED) is 0.617. The van der Waals surface area contributed by atoms with Crippen molar-refractivity contribution in [1.82, 2.24) is 24.8 Å². The number of carbonyl (C=O) groups is 1. The van der Waals surface area contributed by atoms with Crippen LogP contribution >= 0.6 is 0 Å². The van der Waals surface area contributed by atoms with Gasteiger partial charge in [0, 0.05) is 36.2 Å². The van der Waals surface area contributed by atoms with E-state index in [1.165, 1.54) is 4.80 Å². The van der Waals surface area contributed by atoms with Gasteiger partial charge < -0.3 is 9.30 Å². The fourth-order valence-corrected chi connectivity index (χ4v) is 2.84. The number of aryl methyl sites for hydroxylation is 1. The topological polar surface area (TPSA) is 74.8 Å². The third-order valence-corrected chi connectivity index (χ3v) is 4.16. The van der Waals surface area contributed by atoms with Crippen LogP contribution in [0.2, 0.25) is 0 Å². The number of hydrogen-bond acceptors (Lipinski definition) is 5. The minimum Gasteiger partial charge on any atom is -0.383 e. The van der Waals surface area contributed by atoms with Gasteiger partial charge in [-0.25, -0.2) is 0 Å². The van der Waals surface area contributed by atoms with Crippen molar-refractivity contribution in [2.24, 2.45) is 0 Å². The number of hydrogen-bond donors (Lipinski definition) is 0. The average molecular weight is 339 g/mol. The van der Waals surface area contributed by atoms with Gasteiger partial charge in [0.05, 0.1) is 6.61 Å². The van der Waals surface area contributed by atoms with Crippen LogP contribution in [0.15, 0.2) is 36.4 Å². The molecular formula is C18H21N5O2. The lowest BCUT2D eigenvalue weighted by Gasteiger charge is -2.08. The number of methoxy groups -OCH3 is 1. The molecule has 7 heteroatoms. The van der Waals surface area contributed by atoms with Crippen molar-refractivity contribution >= 4 is 5.78 Å². The lowest BCUT2D eigenvalue weighted by Crippen LogP contribution is -2.14. The number of benzene rings is 1. The zero-order valence-electron chi connectivity index (χ0n) is 14.6. The number of aromatic nitrogens is 5. The van der Waals surface area contributed by atoms with E-state index in [1.807, 2.05) is 50.2 Å². The van der Waals surface area contributed by atoms with Gasteiger partial charge in [0.25, 0.3) is 0 Å². The molecule has 2 heterocycles. The van der Waals surface area contributed by atoms with Crippen molar-refractivity contribution in [1.29, 1.82) is 0 Å². The van der Waals surface area contributed by atoms with E-state index in [0.717, 1.165) is 23.5 Å². The molecule has 0 aliphatic rings. The van der Waals surface area contributed by atoms with Gasteiger partial charge >= 0.3 is 0 Å². The van der Waals surface area contributed by atoms with Gasteiger partial charge in [0.15, 0.2) is 5.78 Å². The number of ether oxygens (including phenoxy) is 1. The van der Waals surface area contributed by atoms with E-state index in [2.05, 4.69) is 20.0 Å². The van der Waals surface area contributed by atoms with Gasteiger partial charge in [-0.05, 0) is 25.1 Å². The second kappa shape index (κ2) is 7.40. The third kappa shape index (κ3) is 3.66. The summed E-state index contributed by atoms with van der Waals surface area (Å²) >= 11 is 0. The fourth-order valence-electron chi connectivity index (χ4n) is 2.84. The molecule has 25 heavy (non-hydrogen) atoms. The molecule has 0 aliphatic carbocycles. The lowest BCUT2D eigenvalue weighted by molar-refractivity contribution is 0.0960. The molecule has 0 atom stereocenters. The van der Waals surface area contributed by atoms with Crippen LogP contribution in [0.3, 0.4) is 0 Å². The first-order valence-electron chi connectivity index (χ1n) is 8.12. The summed E-state index contributed by atoms with van der Waals surface area (Å²) in [6, 6.07) is 11.5. The molecule has 0 bridgehead atoms. The second-order valence-corrected chi connectivity index (χ2v) is 5.86. The number of ketones is 1. The molecule has 0 fully saturated rings. The molecule has 0 N–H and O–H groups in total. The summed E-state index contributed by atoms with van der Waals surface area (Å²) < 4.78 is 7.21. The van der Waals surface area contributed by atoms with E-state index in [9.17, 15) is 4.79 Å². The largest absolute Gasteiger partial charge is 0.383 e. The molecule has 0 saturated carbocycles. The Labute approximate surface area is 146 Å². The zero-order chi connectivity index (χ0) is 17.8. The van der Waals surface area contributed by atoms with E-state index in [1.54, 1.807) is 7.11 Å². The Balaban J connectivity index is 1.76. The second-order valence-electron chi connectivity index (χ2n) is 5.86. The number of tetrazole rings is 1. The summed E-state index contributed by atoms with van der Waals surface area (Å²) in [5, 5.41) is 12.3. The fraction of sp³-hybridized carbons (Fsp3) is 0.333. The summed E-state index contributed by atoms with van der Waals surface area (Å²) in [6.45, 7) is 5.32. The Morgan fingerprint density at radius 3 is 2.68 bits per heavy atom. The highest BCUT2D eigenvalue weighted by atomic mass is 16.5. The molecule has 0 radical (unpaired) electrons. The van der Waals surface area contributed by atoms with Crippen LogP contribution in [0.5, 0.6) is 0 Å². The SMILES string of the molecule is COCCn1c(C)cc(C(=O)Cn2nnc(-c3ccccc3)n2)c1C. The molecule has 7 nitrogen and oxygen atoms in total. The van der Waals surface area contributed by atoms with E-state index in [0.29, 0.717) is 18.0 Å². The van der Waals surface area contributed by atoms with Crippen molar-refractivity contribution in [3.8, 4) is 11.4 Å². The van der Waals surface area contributed by atoms with Crippen molar-refractivity contribution in [2.75, 3.05) is 13.7 Å². The van der Waals surface area contributed by atoms with Gasteiger partial charge in [-0.15, -0.1) is 10.2 Å². The summed E-state index contributed by atoms with van der Waals surface area (Å²) in [4.78, 5) is 14.0. The van der Waals surface area contributed by atoms with Crippen LogP contribution < -0.4 is 0 Å². The maximum absolute atomic E-state index is 12.6. The van der Waals surface area contributed by atoms with E-state index < -0.39 is 0 Å². The predicted molar refractivity (Wildman–Crippen MR) is 93.4 cm³/mol. The number of Topliss-reactive ketones (excluding diaryl/α,β-unsaturated/α-hetero) is 1. The molecule has 130 valence electrons. The first-order valence-corrected chi connectivity index (χ1v) is 8.12. The van der Waals surface area contributed by atoms with E-state index in [4.69, 9.17) is 4.74 Å². The molecule has 0 unspecified atom stereocenters. The molecule has 0 saturated heterocycles.